The van der Waals surface area contributed by atoms with Crippen molar-refractivity contribution in [3.05, 3.63) is 48.6 Å². The van der Waals surface area contributed by atoms with Gasteiger partial charge >= 0.3 is 0 Å². The Balaban J connectivity index is 1.54. The van der Waals surface area contributed by atoms with E-state index in [4.69, 9.17) is 18.6 Å². The zero-order valence-electron chi connectivity index (χ0n) is 22.1. The Morgan fingerprint density at radius 1 is 1.12 bits per heavy atom. The average molecular weight is 485 g/mol. The maximum Gasteiger partial charge on any atom is 0.192 e. The van der Waals surface area contributed by atoms with Crippen molar-refractivity contribution in [2.45, 2.75) is 90.0 Å². The third-order valence-corrected chi connectivity index (χ3v) is 15.2. The molecule has 6 rings (SSSR count). The second kappa shape index (κ2) is 8.01. The highest BCUT2D eigenvalue weighted by molar-refractivity contribution is 6.74. The summed E-state index contributed by atoms with van der Waals surface area (Å²) >= 11 is 0. The number of ether oxygens (including phenoxy) is 3. The van der Waals surface area contributed by atoms with Crippen LogP contribution >= 0.6 is 0 Å². The molecular formula is C29H44O4Si. The molecule has 1 aromatic rings. The Morgan fingerprint density at radius 3 is 2.41 bits per heavy atom. The first kappa shape index (κ1) is 24.7. The van der Waals surface area contributed by atoms with Crippen LogP contribution in [0.15, 0.2) is 43.0 Å². The highest BCUT2D eigenvalue weighted by atomic mass is 28.4. The van der Waals surface area contributed by atoms with Crippen molar-refractivity contribution in [2.75, 3.05) is 19.8 Å². The van der Waals surface area contributed by atoms with Crippen molar-refractivity contribution in [3.63, 3.8) is 0 Å². The van der Waals surface area contributed by atoms with Gasteiger partial charge in [-0.1, -0.05) is 64.1 Å². The van der Waals surface area contributed by atoms with Crippen molar-refractivity contribution in [2.24, 2.45) is 22.2 Å². The van der Waals surface area contributed by atoms with Gasteiger partial charge in [-0.2, -0.15) is 0 Å². The topological polar surface area (TPSA) is 36.9 Å². The summed E-state index contributed by atoms with van der Waals surface area (Å²) in [5.74, 6) is -0.295. The van der Waals surface area contributed by atoms with E-state index in [1.54, 1.807) is 0 Å². The Labute approximate surface area is 207 Å². The minimum atomic E-state index is -2.01. The summed E-state index contributed by atoms with van der Waals surface area (Å²) in [5, 5.41) is 0.146. The fraction of sp³-hybridized carbons (Fsp3) is 0.724. The quantitative estimate of drug-likeness (QED) is 0.318. The van der Waals surface area contributed by atoms with Gasteiger partial charge in [0.1, 0.15) is 0 Å². The Hall–Kier alpha value is -0.983. The largest absolute Gasteiger partial charge is 0.413 e. The summed E-state index contributed by atoms with van der Waals surface area (Å²) in [6, 6.07) is 10.5. The zero-order chi connectivity index (χ0) is 24.5. The molecule has 4 nitrogen and oxygen atoms in total. The second-order valence-electron chi connectivity index (χ2n) is 12.9. The summed E-state index contributed by atoms with van der Waals surface area (Å²) in [7, 11) is -2.01. The predicted octanol–water partition coefficient (Wildman–Crippen LogP) is 6.72. The van der Waals surface area contributed by atoms with Crippen LogP contribution in [0.1, 0.15) is 58.9 Å². The van der Waals surface area contributed by atoms with E-state index in [1.807, 2.05) is 0 Å². The van der Waals surface area contributed by atoms with Crippen molar-refractivity contribution in [1.82, 2.24) is 0 Å². The van der Waals surface area contributed by atoms with E-state index in [0.717, 1.165) is 19.3 Å². The van der Waals surface area contributed by atoms with Gasteiger partial charge in [0.05, 0.1) is 37.9 Å². The van der Waals surface area contributed by atoms with E-state index in [2.05, 4.69) is 83.8 Å². The molecule has 2 spiro atoms. The van der Waals surface area contributed by atoms with Gasteiger partial charge in [0.15, 0.2) is 14.1 Å². The van der Waals surface area contributed by atoms with Gasteiger partial charge < -0.3 is 18.6 Å². The van der Waals surface area contributed by atoms with Gasteiger partial charge in [0.2, 0.25) is 0 Å². The Kier molecular flexibility index (Phi) is 5.82. The Morgan fingerprint density at radius 2 is 1.79 bits per heavy atom. The highest BCUT2D eigenvalue weighted by Crippen LogP contribution is 2.88. The lowest BCUT2D eigenvalue weighted by molar-refractivity contribution is -0.387. The smallest absolute Gasteiger partial charge is 0.192 e. The number of allylic oxidation sites excluding steroid dienone is 1. The van der Waals surface area contributed by atoms with Crippen LogP contribution in [0.4, 0.5) is 0 Å². The molecule has 1 saturated heterocycles. The SMILES string of the molecule is C=CC12C[C@H](O[Si](C)(C)C(C)(C)C)C3([C@H]1COCc1ccccc1)C1(CCC[C@@]23C)OCCO1. The molecule has 4 aliphatic carbocycles. The molecule has 188 valence electrons. The van der Waals surface area contributed by atoms with E-state index in [-0.39, 0.29) is 33.3 Å². The lowest BCUT2D eigenvalue weighted by Crippen LogP contribution is -2.78. The molecule has 2 unspecified atom stereocenters. The van der Waals surface area contributed by atoms with Gasteiger partial charge in [-0.05, 0) is 48.4 Å². The maximum atomic E-state index is 7.33. The van der Waals surface area contributed by atoms with Crippen LogP contribution in [-0.2, 0) is 25.2 Å². The van der Waals surface area contributed by atoms with Crippen LogP contribution in [0, 0.1) is 22.2 Å². The fourth-order valence-electron chi connectivity index (χ4n) is 8.25. The lowest BCUT2D eigenvalue weighted by atomic mass is 9.31. The van der Waals surface area contributed by atoms with Crippen molar-refractivity contribution >= 4 is 8.32 Å². The minimum Gasteiger partial charge on any atom is -0.413 e. The standard InChI is InChI=1S/C29H44O4Si/c1-8-27-19-24(33-34(6,7)25(2,3)4)29(23(27)21-30-20-22-13-10-9-11-14-22)26(27,5)15-12-16-28(29)31-17-18-32-28/h8-11,13-14,23-24H,1,12,15-21H2,2-7H3/t23-,24-,26-,27?,29?/m0/s1. The Bertz CT molecular complexity index is 918. The molecule has 5 heteroatoms. The maximum absolute atomic E-state index is 7.33. The second-order valence-corrected chi connectivity index (χ2v) is 17.6. The molecule has 1 aliphatic heterocycles. The number of hydrogen-bond acceptors (Lipinski definition) is 4. The van der Waals surface area contributed by atoms with Gasteiger partial charge in [-0.15, -0.1) is 6.58 Å². The monoisotopic (exact) mass is 484 g/mol. The summed E-state index contributed by atoms with van der Waals surface area (Å²) in [6.07, 6.45) is 6.58. The molecule has 5 atom stereocenters. The molecule has 0 radical (unpaired) electrons. The number of fused-ring (bicyclic) bond motifs is 1. The third-order valence-electron chi connectivity index (χ3n) is 10.7. The first-order valence-electron chi connectivity index (χ1n) is 13.2. The van der Waals surface area contributed by atoms with Crippen LogP contribution in [-0.4, -0.2) is 40.0 Å². The van der Waals surface area contributed by atoms with Gasteiger partial charge in [0.25, 0.3) is 0 Å². The fourth-order valence-corrected chi connectivity index (χ4v) is 9.59. The zero-order valence-corrected chi connectivity index (χ0v) is 23.1. The van der Waals surface area contributed by atoms with Crippen LogP contribution < -0.4 is 0 Å². The molecular weight excluding hydrogens is 440 g/mol. The van der Waals surface area contributed by atoms with Gasteiger partial charge in [0, 0.05) is 17.8 Å². The van der Waals surface area contributed by atoms with Crippen LogP contribution in [0.2, 0.25) is 18.1 Å². The summed E-state index contributed by atoms with van der Waals surface area (Å²) < 4.78 is 27.1. The highest BCUT2D eigenvalue weighted by Gasteiger charge is 2.91. The van der Waals surface area contributed by atoms with E-state index in [0.29, 0.717) is 26.4 Å². The van der Waals surface area contributed by atoms with E-state index in [9.17, 15) is 0 Å². The normalized spacial score (nSPS) is 38.5. The summed E-state index contributed by atoms with van der Waals surface area (Å²) in [4.78, 5) is 0. The van der Waals surface area contributed by atoms with Crippen molar-refractivity contribution < 1.29 is 18.6 Å². The molecule has 2 bridgehead atoms. The molecule has 0 aromatic heterocycles. The van der Waals surface area contributed by atoms with Crippen molar-refractivity contribution in [1.29, 1.82) is 0 Å². The summed E-state index contributed by atoms with van der Waals surface area (Å²) in [5.41, 5.74) is 1.02. The molecule has 5 aliphatic rings. The number of hydrogen-bond donors (Lipinski definition) is 0. The molecule has 1 heterocycles. The van der Waals surface area contributed by atoms with E-state index >= 15 is 0 Å². The molecule has 0 amide bonds. The van der Waals surface area contributed by atoms with E-state index < -0.39 is 14.1 Å². The molecule has 4 saturated carbocycles. The minimum absolute atomic E-state index is 0.0144. The van der Waals surface area contributed by atoms with Gasteiger partial charge in [-0.3, -0.25) is 0 Å². The van der Waals surface area contributed by atoms with Crippen molar-refractivity contribution in [3.8, 4) is 0 Å². The molecule has 0 N–H and O–H groups in total. The third kappa shape index (κ3) is 2.97. The predicted molar refractivity (Wildman–Crippen MR) is 138 cm³/mol. The van der Waals surface area contributed by atoms with Crippen LogP contribution in [0.25, 0.3) is 0 Å². The van der Waals surface area contributed by atoms with E-state index in [1.165, 1.54) is 12.0 Å². The van der Waals surface area contributed by atoms with Crippen LogP contribution in [0.5, 0.6) is 0 Å². The molecule has 34 heavy (non-hydrogen) atoms. The number of benzene rings is 1. The van der Waals surface area contributed by atoms with Gasteiger partial charge in [-0.25, -0.2) is 0 Å². The summed E-state index contributed by atoms with van der Waals surface area (Å²) in [6.45, 7) is 21.3. The lowest BCUT2D eigenvalue weighted by Gasteiger charge is -2.75. The molecule has 5 fully saturated rings. The average Bonchev–Trinajstić information content (AvgIpc) is 3.41. The first-order chi connectivity index (χ1) is 16.0. The molecule has 1 aromatic carbocycles. The first-order valence-corrected chi connectivity index (χ1v) is 16.1. The number of rotatable bonds is 7. The van der Waals surface area contributed by atoms with Crippen LogP contribution in [0.3, 0.4) is 0 Å².